The third kappa shape index (κ3) is 2.51. The number of fused-ring (bicyclic) bond motifs is 1. The topological polar surface area (TPSA) is 48.7 Å². The number of hydrogen-bond donors (Lipinski definition) is 1. The summed E-state index contributed by atoms with van der Waals surface area (Å²) in [5, 5.41) is 12.8. The monoisotopic (exact) mass is 273 g/mol. The summed E-state index contributed by atoms with van der Waals surface area (Å²) in [4.78, 5) is 4.12. The number of halogens is 1. The second-order valence-electron chi connectivity index (χ2n) is 5.36. The first-order valence-corrected chi connectivity index (χ1v) is 7.11. The van der Waals surface area contributed by atoms with Gasteiger partial charge in [-0.25, -0.2) is 4.98 Å². The smallest absolute Gasteiger partial charge is 0.146 e. The van der Waals surface area contributed by atoms with Crippen molar-refractivity contribution in [1.82, 2.24) is 10.3 Å². The van der Waals surface area contributed by atoms with Gasteiger partial charge in [-0.1, -0.05) is 17.7 Å². The Morgan fingerprint density at radius 2 is 2.32 bits per heavy atom. The molecule has 1 fully saturated rings. The van der Waals surface area contributed by atoms with Gasteiger partial charge in [0, 0.05) is 6.20 Å². The zero-order valence-corrected chi connectivity index (χ0v) is 11.5. The van der Waals surface area contributed by atoms with Crippen LogP contribution in [0.2, 0.25) is 5.15 Å². The minimum Gasteiger partial charge on any atom is -0.316 e. The normalized spacial score (nSPS) is 26.2. The van der Waals surface area contributed by atoms with Gasteiger partial charge in [-0.2, -0.15) is 5.26 Å². The van der Waals surface area contributed by atoms with Crippen molar-refractivity contribution in [1.29, 1.82) is 5.26 Å². The highest BCUT2D eigenvalue weighted by molar-refractivity contribution is 6.30. The first-order chi connectivity index (χ1) is 9.28. The minimum atomic E-state index is 0.292. The number of hydrogen-bond acceptors (Lipinski definition) is 3. The van der Waals surface area contributed by atoms with Crippen LogP contribution in [0.3, 0.4) is 0 Å². The van der Waals surface area contributed by atoms with Crippen LogP contribution < -0.4 is 5.32 Å². The Morgan fingerprint density at radius 3 is 3.16 bits per heavy atom. The van der Waals surface area contributed by atoms with Crippen molar-refractivity contribution >= 4 is 17.2 Å². The van der Waals surface area contributed by atoms with Crippen molar-refractivity contribution in [3.8, 4) is 6.07 Å². The van der Waals surface area contributed by atoms with Gasteiger partial charge in [-0.05, 0) is 61.4 Å². The molecule has 1 saturated heterocycles. The van der Waals surface area contributed by atoms with Gasteiger partial charge < -0.3 is 5.32 Å². The molecule has 3 nitrogen and oxygen atoms in total. The Morgan fingerprint density at radius 1 is 1.42 bits per heavy atom. The predicted octanol–water partition coefficient (Wildman–Crippen LogP) is 3.01. The molecule has 1 aromatic rings. The molecule has 2 unspecified atom stereocenters. The molecule has 0 spiro atoms. The van der Waals surface area contributed by atoms with Crippen LogP contribution in [0.15, 0.2) is 18.3 Å². The molecular formula is C15H16ClN3. The zero-order chi connectivity index (χ0) is 13.2. The van der Waals surface area contributed by atoms with Crippen LogP contribution >= 0.6 is 11.6 Å². The van der Waals surface area contributed by atoms with E-state index in [0.29, 0.717) is 10.7 Å². The van der Waals surface area contributed by atoms with Crippen molar-refractivity contribution in [2.24, 2.45) is 11.8 Å². The quantitative estimate of drug-likeness (QED) is 0.800. The Bertz CT molecular complexity index is 559. The molecule has 98 valence electrons. The standard InChI is InChI=1S/C15H16ClN3/c16-15-12(7-17)6-14(9-19-15)11-2-1-10-3-4-18-8-13(10)5-11/h2,6,9-10,13,18H,1,3-5,8H2. The van der Waals surface area contributed by atoms with Crippen LogP contribution in [0, 0.1) is 23.2 Å². The maximum absolute atomic E-state index is 9.02. The minimum absolute atomic E-state index is 0.292. The maximum atomic E-state index is 9.02. The molecule has 0 bridgehead atoms. The van der Waals surface area contributed by atoms with E-state index in [0.717, 1.165) is 43.3 Å². The molecule has 0 amide bonds. The highest BCUT2D eigenvalue weighted by Crippen LogP contribution is 2.37. The van der Waals surface area contributed by atoms with E-state index in [9.17, 15) is 0 Å². The van der Waals surface area contributed by atoms with Gasteiger partial charge in [0.1, 0.15) is 11.2 Å². The van der Waals surface area contributed by atoms with Crippen molar-refractivity contribution in [3.63, 3.8) is 0 Å². The SMILES string of the molecule is N#Cc1cc(C2=CCC3CCNCC3C2)cnc1Cl. The predicted molar refractivity (Wildman–Crippen MR) is 75.6 cm³/mol. The summed E-state index contributed by atoms with van der Waals surface area (Å²) in [6, 6.07) is 3.96. The molecule has 2 atom stereocenters. The van der Waals surface area contributed by atoms with Crippen LogP contribution in [-0.4, -0.2) is 18.1 Å². The van der Waals surface area contributed by atoms with Crippen LogP contribution in [0.5, 0.6) is 0 Å². The van der Waals surface area contributed by atoms with Crippen LogP contribution in [0.4, 0.5) is 0 Å². The molecule has 3 rings (SSSR count). The van der Waals surface area contributed by atoms with E-state index in [2.05, 4.69) is 22.4 Å². The Balaban J connectivity index is 1.86. The molecule has 2 aliphatic rings. The highest BCUT2D eigenvalue weighted by atomic mass is 35.5. The lowest BCUT2D eigenvalue weighted by Gasteiger charge is -2.35. The number of nitrogens with one attached hydrogen (secondary N) is 1. The van der Waals surface area contributed by atoms with E-state index in [4.69, 9.17) is 16.9 Å². The number of rotatable bonds is 1. The number of nitrogens with zero attached hydrogens (tertiary/aromatic N) is 2. The summed E-state index contributed by atoms with van der Waals surface area (Å²) in [6.45, 7) is 2.25. The van der Waals surface area contributed by atoms with Crippen molar-refractivity contribution in [2.45, 2.75) is 19.3 Å². The molecule has 1 aliphatic heterocycles. The molecule has 1 N–H and O–H groups in total. The van der Waals surface area contributed by atoms with E-state index >= 15 is 0 Å². The summed E-state index contributed by atoms with van der Waals surface area (Å²) in [7, 11) is 0. The summed E-state index contributed by atoms with van der Waals surface area (Å²) in [6.07, 6.45) is 7.60. The van der Waals surface area contributed by atoms with E-state index in [1.165, 1.54) is 12.0 Å². The Labute approximate surface area is 118 Å². The average Bonchev–Trinajstić information content (AvgIpc) is 2.47. The van der Waals surface area contributed by atoms with Crippen LogP contribution in [-0.2, 0) is 0 Å². The summed E-state index contributed by atoms with van der Waals surface area (Å²) >= 11 is 5.88. The van der Waals surface area contributed by atoms with Crippen molar-refractivity contribution < 1.29 is 0 Å². The Kier molecular flexibility index (Phi) is 3.54. The van der Waals surface area contributed by atoms with Gasteiger partial charge in [-0.3, -0.25) is 0 Å². The molecule has 0 aromatic carbocycles. The average molecular weight is 274 g/mol. The molecule has 1 aromatic heterocycles. The lowest BCUT2D eigenvalue weighted by molar-refractivity contribution is 0.252. The molecule has 0 radical (unpaired) electrons. The highest BCUT2D eigenvalue weighted by Gasteiger charge is 2.28. The van der Waals surface area contributed by atoms with Crippen LogP contribution in [0.25, 0.3) is 5.57 Å². The lowest BCUT2D eigenvalue weighted by Crippen LogP contribution is -2.37. The van der Waals surface area contributed by atoms with Gasteiger partial charge in [0.15, 0.2) is 0 Å². The second kappa shape index (κ2) is 5.32. The zero-order valence-electron chi connectivity index (χ0n) is 10.7. The maximum Gasteiger partial charge on any atom is 0.146 e. The number of pyridine rings is 1. The van der Waals surface area contributed by atoms with E-state index in [1.807, 2.05) is 6.07 Å². The molecule has 2 heterocycles. The van der Waals surface area contributed by atoms with E-state index in [-0.39, 0.29) is 0 Å². The largest absolute Gasteiger partial charge is 0.316 e. The Hall–Kier alpha value is -1.37. The van der Waals surface area contributed by atoms with Gasteiger partial charge in [0.25, 0.3) is 0 Å². The van der Waals surface area contributed by atoms with Crippen LogP contribution in [0.1, 0.15) is 30.4 Å². The van der Waals surface area contributed by atoms with Crippen molar-refractivity contribution in [3.05, 3.63) is 34.6 Å². The molecule has 19 heavy (non-hydrogen) atoms. The summed E-state index contributed by atoms with van der Waals surface area (Å²) in [5.74, 6) is 1.54. The first kappa shape index (κ1) is 12.7. The molecule has 0 saturated carbocycles. The number of aromatic nitrogens is 1. The van der Waals surface area contributed by atoms with Gasteiger partial charge >= 0.3 is 0 Å². The van der Waals surface area contributed by atoms with E-state index in [1.54, 1.807) is 6.20 Å². The second-order valence-corrected chi connectivity index (χ2v) is 5.71. The fourth-order valence-corrected chi connectivity index (χ4v) is 3.27. The fraction of sp³-hybridized carbons (Fsp3) is 0.467. The molecule has 4 heteroatoms. The van der Waals surface area contributed by atoms with E-state index < -0.39 is 0 Å². The number of nitriles is 1. The first-order valence-electron chi connectivity index (χ1n) is 6.73. The lowest BCUT2D eigenvalue weighted by atomic mass is 9.75. The van der Waals surface area contributed by atoms with Gasteiger partial charge in [0.2, 0.25) is 0 Å². The van der Waals surface area contributed by atoms with Gasteiger partial charge in [0.05, 0.1) is 5.56 Å². The summed E-state index contributed by atoms with van der Waals surface area (Å²) in [5.41, 5.74) is 2.82. The number of piperidine rings is 1. The summed E-state index contributed by atoms with van der Waals surface area (Å²) < 4.78 is 0. The van der Waals surface area contributed by atoms with Gasteiger partial charge in [-0.15, -0.1) is 0 Å². The fourth-order valence-electron chi connectivity index (χ4n) is 3.12. The molecular weight excluding hydrogens is 258 g/mol. The molecule has 1 aliphatic carbocycles. The number of allylic oxidation sites excluding steroid dienone is 2. The van der Waals surface area contributed by atoms with Crippen molar-refractivity contribution in [2.75, 3.05) is 13.1 Å². The third-order valence-corrected chi connectivity index (χ3v) is 4.55. The third-order valence-electron chi connectivity index (χ3n) is 4.24.